The van der Waals surface area contributed by atoms with Gasteiger partial charge in [-0.2, -0.15) is 0 Å². The lowest BCUT2D eigenvalue weighted by Gasteiger charge is -2.24. The Bertz CT molecular complexity index is 832. The number of carbonyl (C=O) groups is 2. The van der Waals surface area contributed by atoms with Crippen molar-refractivity contribution in [2.45, 2.75) is 187 Å². The average Bonchev–Trinajstić information content (AvgIpc) is 3.02. The maximum Gasteiger partial charge on any atom is 0.472 e. The Morgan fingerprint density at radius 3 is 1.49 bits per heavy atom. The monoisotopic (exact) mass is 721 g/mol. The number of likely N-dealkylation sites (N-methyl/N-ethyl adjacent to an activating group) is 1. The Hall–Kier alpha value is -0.990. The van der Waals surface area contributed by atoms with Crippen molar-refractivity contribution in [3.05, 3.63) is 0 Å². The smallest absolute Gasteiger partial charge is 0.462 e. The second kappa shape index (κ2) is 31.7. The number of rotatable bonds is 36. The predicted molar refractivity (Wildman–Crippen MR) is 201 cm³/mol. The first kappa shape index (κ1) is 48.0. The highest BCUT2D eigenvalue weighted by atomic mass is 31.2. The van der Waals surface area contributed by atoms with E-state index in [0.29, 0.717) is 23.9 Å². The van der Waals surface area contributed by atoms with Gasteiger partial charge in [0.05, 0.1) is 27.7 Å². The number of carbonyl (C=O) groups excluding carboxylic acids is 2. The van der Waals surface area contributed by atoms with Gasteiger partial charge in [-0.3, -0.25) is 18.6 Å². The topological polar surface area (TPSA) is 108 Å². The van der Waals surface area contributed by atoms with E-state index in [1.807, 2.05) is 21.1 Å². The van der Waals surface area contributed by atoms with Crippen molar-refractivity contribution >= 4 is 19.8 Å². The summed E-state index contributed by atoms with van der Waals surface area (Å²) in [4.78, 5) is 35.2. The van der Waals surface area contributed by atoms with Crippen LogP contribution in [0.1, 0.15) is 181 Å². The molecule has 0 heterocycles. The molecule has 0 aromatic carbocycles. The lowest BCUT2D eigenvalue weighted by molar-refractivity contribution is -0.870. The Kier molecular flexibility index (Phi) is 31.1. The molecule has 9 nitrogen and oxygen atoms in total. The van der Waals surface area contributed by atoms with E-state index < -0.39 is 26.5 Å². The van der Waals surface area contributed by atoms with Gasteiger partial charge in [0.1, 0.15) is 19.8 Å². The molecule has 0 saturated carbocycles. The van der Waals surface area contributed by atoms with E-state index in [1.165, 1.54) is 109 Å². The lowest BCUT2D eigenvalue weighted by Crippen LogP contribution is -2.37. The highest BCUT2D eigenvalue weighted by Crippen LogP contribution is 2.43. The van der Waals surface area contributed by atoms with Gasteiger partial charge in [0.2, 0.25) is 0 Å². The van der Waals surface area contributed by atoms with Gasteiger partial charge >= 0.3 is 19.8 Å². The average molecular weight is 721 g/mol. The lowest BCUT2D eigenvalue weighted by atomic mass is 10.0. The SMILES string of the molecule is CCCCCCCCCCCCCCCC(=O)OC[C@H](COP(=O)(O)OCC[N+](C)(C)C)OC(=O)CCCCCCCCCCCC(C)C. The summed E-state index contributed by atoms with van der Waals surface area (Å²) in [5.74, 6) is -0.00279. The Morgan fingerprint density at radius 2 is 1.04 bits per heavy atom. The third kappa shape index (κ3) is 36.6. The molecule has 0 aliphatic rings. The maximum absolute atomic E-state index is 12.6. The fourth-order valence-electron chi connectivity index (χ4n) is 5.61. The van der Waals surface area contributed by atoms with Gasteiger partial charge in [-0.05, 0) is 18.8 Å². The molecule has 1 unspecified atom stereocenters. The van der Waals surface area contributed by atoms with Crippen LogP contribution < -0.4 is 0 Å². The number of phosphoric acid groups is 1. The van der Waals surface area contributed by atoms with Crippen molar-refractivity contribution < 1.29 is 42.1 Å². The van der Waals surface area contributed by atoms with Crippen molar-refractivity contribution in [2.24, 2.45) is 5.92 Å². The number of nitrogens with zero attached hydrogens (tertiary/aromatic N) is 1. The number of esters is 2. The summed E-state index contributed by atoms with van der Waals surface area (Å²) in [5, 5.41) is 0. The molecule has 0 amide bonds. The third-order valence-corrected chi connectivity index (χ3v) is 9.80. The third-order valence-electron chi connectivity index (χ3n) is 8.82. The van der Waals surface area contributed by atoms with Crippen LogP contribution in [0.15, 0.2) is 0 Å². The summed E-state index contributed by atoms with van der Waals surface area (Å²) in [6.07, 6.45) is 27.2. The first-order valence-electron chi connectivity index (χ1n) is 20.1. The summed E-state index contributed by atoms with van der Waals surface area (Å²) in [5.41, 5.74) is 0. The minimum absolute atomic E-state index is 0.0357. The largest absolute Gasteiger partial charge is 0.472 e. The number of quaternary nitrogens is 1. The molecule has 1 N–H and O–H groups in total. The van der Waals surface area contributed by atoms with Crippen LogP contribution in [0.3, 0.4) is 0 Å². The van der Waals surface area contributed by atoms with E-state index >= 15 is 0 Å². The van der Waals surface area contributed by atoms with Crippen LogP contribution >= 0.6 is 7.82 Å². The summed E-state index contributed by atoms with van der Waals surface area (Å²) in [6, 6.07) is 0. The quantitative estimate of drug-likeness (QED) is 0.0295. The van der Waals surface area contributed by atoms with Gasteiger partial charge in [-0.25, -0.2) is 4.57 Å². The molecule has 0 aliphatic heterocycles. The summed E-state index contributed by atoms with van der Waals surface area (Å²) < 4.78 is 34.2. The summed E-state index contributed by atoms with van der Waals surface area (Å²) in [7, 11) is 1.49. The van der Waals surface area contributed by atoms with Gasteiger partial charge in [0.15, 0.2) is 6.10 Å². The molecule has 10 heteroatoms. The second-order valence-corrected chi connectivity index (χ2v) is 17.0. The van der Waals surface area contributed by atoms with Gasteiger partial charge in [0, 0.05) is 12.8 Å². The zero-order valence-corrected chi connectivity index (χ0v) is 33.8. The second-order valence-electron chi connectivity index (χ2n) is 15.5. The van der Waals surface area contributed by atoms with Crippen LogP contribution in [0, 0.1) is 5.92 Å². The van der Waals surface area contributed by atoms with E-state index in [-0.39, 0.29) is 25.6 Å². The number of phosphoric ester groups is 1. The number of unbranched alkanes of at least 4 members (excludes halogenated alkanes) is 20. The first-order chi connectivity index (χ1) is 23.3. The molecule has 0 saturated heterocycles. The molecule has 0 spiro atoms. The number of ether oxygens (including phenoxy) is 2. The zero-order chi connectivity index (χ0) is 36.6. The van der Waals surface area contributed by atoms with Crippen molar-refractivity contribution in [1.82, 2.24) is 0 Å². The first-order valence-corrected chi connectivity index (χ1v) is 21.6. The molecule has 0 fully saturated rings. The Balaban J connectivity index is 4.39. The molecule has 0 rings (SSSR count). The highest BCUT2D eigenvalue weighted by Gasteiger charge is 2.27. The zero-order valence-electron chi connectivity index (χ0n) is 32.9. The van der Waals surface area contributed by atoms with Crippen molar-refractivity contribution in [3.8, 4) is 0 Å². The van der Waals surface area contributed by atoms with Crippen molar-refractivity contribution in [1.29, 1.82) is 0 Å². The minimum atomic E-state index is -4.36. The van der Waals surface area contributed by atoms with Gasteiger partial charge in [-0.1, -0.05) is 156 Å². The van der Waals surface area contributed by atoms with Crippen molar-refractivity contribution in [3.63, 3.8) is 0 Å². The van der Waals surface area contributed by atoms with Gasteiger partial charge < -0.3 is 18.9 Å². The molecule has 0 aromatic rings. The molecule has 0 aromatic heterocycles. The van der Waals surface area contributed by atoms with Crippen LogP contribution in [0.25, 0.3) is 0 Å². The Labute approximate surface area is 302 Å². The maximum atomic E-state index is 12.6. The van der Waals surface area contributed by atoms with Crippen LogP contribution in [-0.2, 0) is 32.7 Å². The molecule has 292 valence electrons. The highest BCUT2D eigenvalue weighted by molar-refractivity contribution is 7.47. The standard InChI is InChI=1S/C39H78NO8P/c1-7-8-9-10-11-12-13-14-15-18-21-24-27-30-38(41)45-34-37(35-47-49(43,44)46-33-32-40(4,5)6)48-39(42)31-28-25-22-19-16-17-20-23-26-29-36(2)3/h36-37H,7-35H2,1-6H3/p+1/t37-/m1/s1. The summed E-state index contributed by atoms with van der Waals surface area (Å²) >= 11 is 0. The van der Waals surface area contributed by atoms with E-state index in [1.54, 1.807) is 0 Å². The van der Waals surface area contributed by atoms with E-state index in [2.05, 4.69) is 20.8 Å². The number of hydrogen-bond donors (Lipinski definition) is 1. The molecule has 0 radical (unpaired) electrons. The molecule has 49 heavy (non-hydrogen) atoms. The van der Waals surface area contributed by atoms with Gasteiger partial charge in [0.25, 0.3) is 0 Å². The van der Waals surface area contributed by atoms with Crippen molar-refractivity contribution in [2.75, 3.05) is 47.5 Å². The van der Waals surface area contributed by atoms with Crippen LogP contribution in [0.4, 0.5) is 0 Å². The molecule has 0 aliphatic carbocycles. The summed E-state index contributed by atoms with van der Waals surface area (Å²) in [6.45, 7) is 6.73. The van der Waals surface area contributed by atoms with Gasteiger partial charge in [-0.15, -0.1) is 0 Å². The fraction of sp³-hybridized carbons (Fsp3) is 0.949. The van der Waals surface area contributed by atoms with Crippen LogP contribution in [0.5, 0.6) is 0 Å². The van der Waals surface area contributed by atoms with E-state index in [4.69, 9.17) is 18.5 Å². The van der Waals surface area contributed by atoms with Crippen LogP contribution in [0.2, 0.25) is 0 Å². The minimum Gasteiger partial charge on any atom is -0.462 e. The molecular weight excluding hydrogens is 641 g/mol. The molecular formula is C39H79NO8P+. The predicted octanol–water partition coefficient (Wildman–Crippen LogP) is 10.7. The fourth-order valence-corrected chi connectivity index (χ4v) is 6.35. The molecule has 0 bridgehead atoms. The van der Waals surface area contributed by atoms with E-state index in [9.17, 15) is 19.0 Å². The van der Waals surface area contributed by atoms with E-state index in [0.717, 1.165) is 38.0 Å². The van der Waals surface area contributed by atoms with Crippen LogP contribution in [-0.4, -0.2) is 74.9 Å². The normalized spacial score (nSPS) is 13.8. The Morgan fingerprint density at radius 1 is 0.612 bits per heavy atom. The number of hydrogen-bond acceptors (Lipinski definition) is 7. The molecule has 2 atom stereocenters.